The molecule has 4 nitrogen and oxygen atoms in total. The third-order valence-electron chi connectivity index (χ3n) is 4.58. The minimum absolute atomic E-state index is 0.0563. The van der Waals surface area contributed by atoms with Crippen molar-refractivity contribution in [1.29, 1.82) is 0 Å². The molecule has 22 heavy (non-hydrogen) atoms. The van der Waals surface area contributed by atoms with Gasteiger partial charge in [-0.2, -0.15) is 0 Å². The molecule has 1 atom stereocenters. The fraction of sp³-hybridized carbons (Fsp3) is 0.444. The molecule has 1 aromatic carbocycles. The fourth-order valence-electron chi connectivity index (χ4n) is 3.44. The Labute approximate surface area is 130 Å². The quantitative estimate of drug-likeness (QED) is 0.890. The van der Waals surface area contributed by atoms with Crippen LogP contribution < -0.4 is 0 Å². The first-order valence-corrected chi connectivity index (χ1v) is 7.75. The van der Waals surface area contributed by atoms with Gasteiger partial charge < -0.3 is 9.63 Å². The summed E-state index contributed by atoms with van der Waals surface area (Å²) in [5.74, 6) is 0.0000647. The van der Waals surface area contributed by atoms with E-state index in [1.54, 1.807) is 0 Å². The smallest absolute Gasteiger partial charge is 0.358 e. The molecule has 1 fully saturated rings. The summed E-state index contributed by atoms with van der Waals surface area (Å²) in [4.78, 5) is 10.9. The zero-order chi connectivity index (χ0) is 15.7. The van der Waals surface area contributed by atoms with Gasteiger partial charge in [0.2, 0.25) is 0 Å². The molecule has 1 saturated carbocycles. The van der Waals surface area contributed by atoms with Gasteiger partial charge in [-0.3, -0.25) is 0 Å². The molecule has 3 rings (SSSR count). The first kappa shape index (κ1) is 14.8. The van der Waals surface area contributed by atoms with Crippen LogP contribution in [0, 0.1) is 5.41 Å². The number of nitrogens with zero attached hydrogens (tertiary/aromatic N) is 1. The molecular weight excluding hydrogens is 278 g/mol. The van der Waals surface area contributed by atoms with Crippen molar-refractivity contribution in [1.82, 2.24) is 5.16 Å². The number of rotatable bonds is 3. The average molecular weight is 299 g/mol. The predicted molar refractivity (Wildman–Crippen MR) is 83.9 cm³/mol. The summed E-state index contributed by atoms with van der Waals surface area (Å²) in [7, 11) is 0. The first-order chi connectivity index (χ1) is 10.4. The van der Waals surface area contributed by atoms with Crippen LogP contribution in [0.1, 0.15) is 61.5 Å². The average Bonchev–Trinajstić information content (AvgIpc) is 2.96. The standard InChI is InChI=1S/C18H21NO3/c1-18(2)8-4-7-14(11-18)12-5-3-6-13(9-12)16-10-15(17(20)21)19-22-16/h3,5-6,9-10,14H,4,7-8,11H2,1-2H3,(H,20,21). The highest BCUT2D eigenvalue weighted by molar-refractivity contribution is 5.86. The number of aromatic carboxylic acids is 1. The zero-order valence-corrected chi connectivity index (χ0v) is 13.0. The number of hydrogen-bond donors (Lipinski definition) is 1. The van der Waals surface area contributed by atoms with E-state index in [1.807, 2.05) is 12.1 Å². The molecule has 0 amide bonds. The van der Waals surface area contributed by atoms with E-state index in [1.165, 1.54) is 37.3 Å². The molecule has 1 aliphatic carbocycles. The fourth-order valence-corrected chi connectivity index (χ4v) is 3.44. The Kier molecular flexibility index (Phi) is 3.77. The molecule has 0 aliphatic heterocycles. The SMILES string of the molecule is CC1(C)CCCC(c2cccc(-c3cc(C(=O)O)no3)c2)C1. The molecule has 1 aromatic heterocycles. The maximum Gasteiger partial charge on any atom is 0.358 e. The zero-order valence-electron chi connectivity index (χ0n) is 13.0. The summed E-state index contributed by atoms with van der Waals surface area (Å²) in [6.07, 6.45) is 4.94. The van der Waals surface area contributed by atoms with Crippen LogP contribution in [0.25, 0.3) is 11.3 Å². The number of carbonyl (C=O) groups is 1. The summed E-state index contributed by atoms with van der Waals surface area (Å²) in [5, 5.41) is 12.5. The van der Waals surface area contributed by atoms with Crippen LogP contribution >= 0.6 is 0 Å². The molecular formula is C18H21NO3. The van der Waals surface area contributed by atoms with Gasteiger partial charge in [0.25, 0.3) is 0 Å². The van der Waals surface area contributed by atoms with Crippen molar-refractivity contribution >= 4 is 5.97 Å². The highest BCUT2D eigenvalue weighted by atomic mass is 16.5. The molecule has 0 bridgehead atoms. The van der Waals surface area contributed by atoms with Crippen molar-refractivity contribution in [3.05, 3.63) is 41.6 Å². The first-order valence-electron chi connectivity index (χ1n) is 7.75. The van der Waals surface area contributed by atoms with Crippen LogP contribution in [-0.2, 0) is 0 Å². The lowest BCUT2D eigenvalue weighted by molar-refractivity contribution is 0.0686. The molecule has 1 N–H and O–H groups in total. The van der Waals surface area contributed by atoms with Gasteiger partial charge in [-0.1, -0.05) is 43.6 Å². The lowest BCUT2D eigenvalue weighted by Crippen LogP contribution is -2.21. The monoisotopic (exact) mass is 299 g/mol. The van der Waals surface area contributed by atoms with Crippen LogP contribution in [0.4, 0.5) is 0 Å². The van der Waals surface area contributed by atoms with Crippen molar-refractivity contribution < 1.29 is 14.4 Å². The number of aromatic nitrogens is 1. The Morgan fingerprint density at radius 2 is 2.18 bits per heavy atom. The number of carboxylic acids is 1. The van der Waals surface area contributed by atoms with Crippen molar-refractivity contribution in [2.45, 2.75) is 45.4 Å². The van der Waals surface area contributed by atoms with Gasteiger partial charge in [-0.25, -0.2) is 4.79 Å². The van der Waals surface area contributed by atoms with Crippen LogP contribution in [0.3, 0.4) is 0 Å². The van der Waals surface area contributed by atoms with Gasteiger partial charge in [0.05, 0.1) is 0 Å². The predicted octanol–water partition coefficient (Wildman–Crippen LogP) is 4.72. The summed E-state index contributed by atoms with van der Waals surface area (Å²) in [5.41, 5.74) is 2.53. The number of carboxylic acid groups (broad SMARTS) is 1. The van der Waals surface area contributed by atoms with Gasteiger partial charge in [0.15, 0.2) is 11.5 Å². The third kappa shape index (κ3) is 3.06. The van der Waals surface area contributed by atoms with E-state index in [9.17, 15) is 4.79 Å². The van der Waals surface area contributed by atoms with Crippen molar-refractivity contribution in [3.8, 4) is 11.3 Å². The van der Waals surface area contributed by atoms with E-state index in [0.717, 1.165) is 5.56 Å². The molecule has 116 valence electrons. The second-order valence-corrected chi connectivity index (χ2v) is 6.96. The topological polar surface area (TPSA) is 63.3 Å². The lowest BCUT2D eigenvalue weighted by atomic mass is 9.70. The largest absolute Gasteiger partial charge is 0.476 e. The molecule has 1 unspecified atom stereocenters. The molecule has 0 saturated heterocycles. The van der Waals surface area contributed by atoms with Crippen LogP contribution in [0.15, 0.2) is 34.9 Å². The maximum absolute atomic E-state index is 10.9. The Bertz CT molecular complexity index is 687. The van der Waals surface area contributed by atoms with Crippen molar-refractivity contribution in [2.75, 3.05) is 0 Å². The molecule has 4 heteroatoms. The second kappa shape index (κ2) is 5.59. The van der Waals surface area contributed by atoms with Gasteiger partial charge in [-0.15, -0.1) is 0 Å². The lowest BCUT2D eigenvalue weighted by Gasteiger charge is -2.35. The van der Waals surface area contributed by atoms with Crippen molar-refractivity contribution in [2.24, 2.45) is 5.41 Å². The summed E-state index contributed by atoms with van der Waals surface area (Å²) in [6, 6.07) is 9.69. The minimum atomic E-state index is -1.07. The van der Waals surface area contributed by atoms with Crippen molar-refractivity contribution in [3.63, 3.8) is 0 Å². The Hall–Kier alpha value is -2.10. The normalized spacial score (nSPS) is 20.7. The van der Waals surface area contributed by atoms with E-state index < -0.39 is 5.97 Å². The molecule has 0 radical (unpaired) electrons. The van der Waals surface area contributed by atoms with E-state index in [2.05, 4.69) is 31.1 Å². The summed E-state index contributed by atoms with van der Waals surface area (Å²) < 4.78 is 5.16. The van der Waals surface area contributed by atoms with E-state index in [-0.39, 0.29) is 5.69 Å². The highest BCUT2D eigenvalue weighted by Gasteiger charge is 2.29. The van der Waals surface area contributed by atoms with Gasteiger partial charge in [-0.05, 0) is 42.2 Å². The molecule has 0 spiro atoms. The van der Waals surface area contributed by atoms with Gasteiger partial charge >= 0.3 is 5.97 Å². The summed E-state index contributed by atoms with van der Waals surface area (Å²) in [6.45, 7) is 4.66. The molecule has 1 heterocycles. The Morgan fingerprint density at radius 1 is 1.36 bits per heavy atom. The van der Waals surface area contributed by atoms with E-state index >= 15 is 0 Å². The Balaban J connectivity index is 1.87. The van der Waals surface area contributed by atoms with Gasteiger partial charge in [0.1, 0.15) is 0 Å². The van der Waals surface area contributed by atoms with Crippen LogP contribution in [-0.4, -0.2) is 16.2 Å². The minimum Gasteiger partial charge on any atom is -0.476 e. The number of hydrogen-bond acceptors (Lipinski definition) is 3. The maximum atomic E-state index is 10.9. The Morgan fingerprint density at radius 3 is 2.86 bits per heavy atom. The third-order valence-corrected chi connectivity index (χ3v) is 4.58. The van der Waals surface area contributed by atoms with E-state index in [0.29, 0.717) is 17.1 Å². The van der Waals surface area contributed by atoms with Crippen LogP contribution in [0.2, 0.25) is 0 Å². The number of benzene rings is 1. The molecule has 1 aliphatic rings. The molecule has 2 aromatic rings. The van der Waals surface area contributed by atoms with E-state index in [4.69, 9.17) is 9.63 Å². The van der Waals surface area contributed by atoms with Gasteiger partial charge in [0, 0.05) is 11.6 Å². The second-order valence-electron chi connectivity index (χ2n) is 6.96. The highest BCUT2D eigenvalue weighted by Crippen LogP contribution is 2.43. The summed E-state index contributed by atoms with van der Waals surface area (Å²) >= 11 is 0. The van der Waals surface area contributed by atoms with Crippen LogP contribution in [0.5, 0.6) is 0 Å².